The van der Waals surface area contributed by atoms with Crippen LogP contribution < -0.4 is 16.0 Å². The fourth-order valence-electron chi connectivity index (χ4n) is 2.93. The van der Waals surface area contributed by atoms with E-state index in [1.807, 2.05) is 20.8 Å². The zero-order chi connectivity index (χ0) is 21.7. The number of carbonyl (C=O) groups is 3. The number of carbonyl (C=O) groups excluding carboxylic acids is 3. The molecule has 1 saturated carbocycles. The summed E-state index contributed by atoms with van der Waals surface area (Å²) in [5.41, 5.74) is 2.06. The van der Waals surface area contributed by atoms with Crippen molar-refractivity contribution in [2.45, 2.75) is 27.2 Å². The fraction of sp³-hybridized carbons (Fsp3) is 0.348. The van der Waals surface area contributed by atoms with Crippen LogP contribution in [0.25, 0.3) is 0 Å². The van der Waals surface area contributed by atoms with Crippen molar-refractivity contribution in [3.8, 4) is 0 Å². The Morgan fingerprint density at radius 3 is 2.20 bits per heavy atom. The van der Waals surface area contributed by atoms with Crippen LogP contribution in [0, 0.1) is 17.8 Å². The molecule has 2 unspecified atom stereocenters. The van der Waals surface area contributed by atoms with Crippen LogP contribution in [0.5, 0.6) is 0 Å². The lowest BCUT2D eigenvalue weighted by molar-refractivity contribution is -0.117. The van der Waals surface area contributed by atoms with E-state index >= 15 is 0 Å². The number of anilines is 3. The Morgan fingerprint density at radius 2 is 1.57 bits per heavy atom. The summed E-state index contributed by atoms with van der Waals surface area (Å²) < 4.78 is 5.10. The molecule has 3 N–H and O–H groups in total. The number of ether oxygens (including phenoxy) is 1. The molecule has 1 fully saturated rings. The molecule has 3 rings (SSSR count). The average Bonchev–Trinajstić information content (AvgIpc) is 3.44. The maximum Gasteiger partial charge on any atom is 0.411 e. The summed E-state index contributed by atoms with van der Waals surface area (Å²) >= 11 is 0. The van der Waals surface area contributed by atoms with Crippen LogP contribution in [0.4, 0.5) is 21.9 Å². The van der Waals surface area contributed by atoms with Gasteiger partial charge in [-0.15, -0.1) is 0 Å². The Kier molecular flexibility index (Phi) is 6.72. The highest BCUT2D eigenvalue weighted by molar-refractivity contribution is 6.05. The second kappa shape index (κ2) is 9.43. The molecule has 0 spiro atoms. The van der Waals surface area contributed by atoms with Crippen LogP contribution in [0.2, 0.25) is 0 Å². The Hall–Kier alpha value is -3.35. The van der Waals surface area contributed by atoms with Gasteiger partial charge >= 0.3 is 6.09 Å². The van der Waals surface area contributed by atoms with Crippen molar-refractivity contribution in [2.75, 3.05) is 22.6 Å². The number of amides is 3. The van der Waals surface area contributed by atoms with Gasteiger partial charge < -0.3 is 15.4 Å². The number of nitrogens with one attached hydrogen (secondary N) is 3. The molecule has 0 aromatic heterocycles. The van der Waals surface area contributed by atoms with E-state index in [1.165, 1.54) is 0 Å². The third kappa shape index (κ3) is 6.07. The van der Waals surface area contributed by atoms with Crippen molar-refractivity contribution in [1.82, 2.24) is 0 Å². The molecule has 1 aliphatic rings. The van der Waals surface area contributed by atoms with Crippen molar-refractivity contribution in [3.05, 3.63) is 54.1 Å². The highest BCUT2D eigenvalue weighted by Crippen LogP contribution is 2.38. The van der Waals surface area contributed by atoms with E-state index in [-0.39, 0.29) is 23.7 Å². The first-order valence-electron chi connectivity index (χ1n) is 10.1. The zero-order valence-electron chi connectivity index (χ0n) is 17.4. The second-order valence-corrected chi connectivity index (χ2v) is 8.04. The van der Waals surface area contributed by atoms with Gasteiger partial charge in [0.2, 0.25) is 5.91 Å². The predicted molar refractivity (Wildman–Crippen MR) is 117 cm³/mol. The van der Waals surface area contributed by atoms with Crippen molar-refractivity contribution >= 4 is 35.0 Å². The average molecular weight is 409 g/mol. The Bertz CT molecular complexity index is 942. The van der Waals surface area contributed by atoms with E-state index in [1.54, 1.807) is 48.5 Å². The number of hydrogen-bond acceptors (Lipinski definition) is 4. The first kappa shape index (κ1) is 21.4. The summed E-state index contributed by atoms with van der Waals surface area (Å²) in [5.74, 6) is 0.396. The first-order chi connectivity index (χ1) is 14.3. The maximum atomic E-state index is 12.6. The van der Waals surface area contributed by atoms with Gasteiger partial charge in [-0.2, -0.15) is 0 Å². The zero-order valence-corrected chi connectivity index (χ0v) is 17.4. The Balaban J connectivity index is 1.60. The standard InChI is InChI=1S/C23H27N3O4/c1-14(2)13-30-23(29)26-19-9-5-8-18(12-19)24-21(27)16-6-4-7-17(11-16)25-22(28)20-10-15(20)3/h4-9,11-12,14-15,20H,10,13H2,1-3H3,(H,24,27)(H,25,28)(H,26,29). The monoisotopic (exact) mass is 409 g/mol. The van der Waals surface area contributed by atoms with Gasteiger partial charge in [0, 0.05) is 28.5 Å². The molecule has 1 aliphatic carbocycles. The third-order valence-corrected chi connectivity index (χ3v) is 4.75. The van der Waals surface area contributed by atoms with Gasteiger partial charge in [-0.25, -0.2) is 4.79 Å². The molecule has 158 valence electrons. The number of hydrogen-bond donors (Lipinski definition) is 3. The summed E-state index contributed by atoms with van der Waals surface area (Å²) in [7, 11) is 0. The molecule has 2 aromatic carbocycles. The Labute approximate surface area is 176 Å². The molecular formula is C23H27N3O4. The van der Waals surface area contributed by atoms with Crippen LogP contribution in [0.3, 0.4) is 0 Å². The van der Waals surface area contributed by atoms with Crippen LogP contribution in [-0.4, -0.2) is 24.5 Å². The van der Waals surface area contributed by atoms with Gasteiger partial charge in [0.1, 0.15) is 0 Å². The SMILES string of the molecule is CC(C)COC(=O)Nc1cccc(NC(=O)c2cccc(NC(=O)C3CC3C)c2)c1. The van der Waals surface area contributed by atoms with E-state index in [9.17, 15) is 14.4 Å². The summed E-state index contributed by atoms with van der Waals surface area (Å²) in [6, 6.07) is 13.6. The highest BCUT2D eigenvalue weighted by Gasteiger charge is 2.39. The third-order valence-electron chi connectivity index (χ3n) is 4.75. The molecule has 30 heavy (non-hydrogen) atoms. The second-order valence-electron chi connectivity index (χ2n) is 8.04. The van der Waals surface area contributed by atoms with Crippen molar-refractivity contribution in [3.63, 3.8) is 0 Å². The predicted octanol–water partition coefficient (Wildman–Crippen LogP) is 4.74. The lowest BCUT2D eigenvalue weighted by atomic mass is 10.1. The van der Waals surface area contributed by atoms with Crippen LogP contribution >= 0.6 is 0 Å². The molecule has 7 heteroatoms. The van der Waals surface area contributed by atoms with Crippen LogP contribution in [0.1, 0.15) is 37.6 Å². The van der Waals surface area contributed by atoms with Gasteiger partial charge in [0.15, 0.2) is 0 Å². The van der Waals surface area contributed by atoms with Crippen LogP contribution in [0.15, 0.2) is 48.5 Å². The minimum atomic E-state index is -0.541. The molecule has 3 amide bonds. The molecule has 0 radical (unpaired) electrons. The largest absolute Gasteiger partial charge is 0.449 e. The highest BCUT2D eigenvalue weighted by atomic mass is 16.5. The summed E-state index contributed by atoms with van der Waals surface area (Å²) in [5, 5.41) is 8.31. The fourth-order valence-corrected chi connectivity index (χ4v) is 2.93. The lowest BCUT2D eigenvalue weighted by Crippen LogP contribution is -2.17. The van der Waals surface area contributed by atoms with Crippen molar-refractivity contribution in [1.29, 1.82) is 0 Å². The number of benzene rings is 2. The smallest absolute Gasteiger partial charge is 0.411 e. The normalized spacial score (nSPS) is 17.2. The lowest BCUT2D eigenvalue weighted by Gasteiger charge is -2.11. The van der Waals surface area contributed by atoms with Crippen LogP contribution in [-0.2, 0) is 9.53 Å². The molecule has 2 aromatic rings. The molecule has 0 aliphatic heterocycles. The van der Waals surface area contributed by atoms with Crippen molar-refractivity contribution < 1.29 is 19.1 Å². The van der Waals surface area contributed by atoms with Crippen molar-refractivity contribution in [2.24, 2.45) is 17.8 Å². The topological polar surface area (TPSA) is 96.5 Å². The Morgan fingerprint density at radius 1 is 0.967 bits per heavy atom. The quantitative estimate of drug-likeness (QED) is 0.615. The van der Waals surface area contributed by atoms with Gasteiger partial charge in [0.05, 0.1) is 6.61 Å². The molecule has 0 saturated heterocycles. The minimum absolute atomic E-state index is 0.0109. The van der Waals surface area contributed by atoms with E-state index in [2.05, 4.69) is 16.0 Å². The maximum absolute atomic E-state index is 12.6. The van der Waals surface area contributed by atoms with Gasteiger partial charge in [0.25, 0.3) is 5.91 Å². The van der Waals surface area contributed by atoms with E-state index in [0.717, 1.165) is 6.42 Å². The van der Waals surface area contributed by atoms with E-state index in [0.29, 0.717) is 35.2 Å². The van der Waals surface area contributed by atoms with Gasteiger partial charge in [-0.3, -0.25) is 14.9 Å². The molecule has 0 bridgehead atoms. The number of rotatable bonds is 7. The summed E-state index contributed by atoms with van der Waals surface area (Å²) in [6.45, 7) is 6.28. The molecule has 7 nitrogen and oxygen atoms in total. The summed E-state index contributed by atoms with van der Waals surface area (Å²) in [6.07, 6.45) is 0.363. The van der Waals surface area contributed by atoms with E-state index < -0.39 is 6.09 Å². The molecule has 2 atom stereocenters. The van der Waals surface area contributed by atoms with E-state index in [4.69, 9.17) is 4.74 Å². The first-order valence-corrected chi connectivity index (χ1v) is 10.1. The van der Waals surface area contributed by atoms with Gasteiger partial charge in [-0.1, -0.05) is 32.9 Å². The summed E-state index contributed by atoms with van der Waals surface area (Å²) in [4.78, 5) is 36.6. The minimum Gasteiger partial charge on any atom is -0.449 e. The van der Waals surface area contributed by atoms with Gasteiger partial charge in [-0.05, 0) is 54.7 Å². The molecular weight excluding hydrogens is 382 g/mol. The molecule has 0 heterocycles.